The summed E-state index contributed by atoms with van der Waals surface area (Å²) in [5.41, 5.74) is 7.56. The van der Waals surface area contributed by atoms with Crippen molar-refractivity contribution in [2.75, 3.05) is 6.54 Å². The molecule has 6 nitrogen and oxygen atoms in total. The normalized spacial score (nSPS) is 14.3. The lowest BCUT2D eigenvalue weighted by atomic mass is 10.2. The van der Waals surface area contributed by atoms with Crippen LogP contribution in [0.3, 0.4) is 0 Å². The van der Waals surface area contributed by atoms with E-state index in [0.29, 0.717) is 18.3 Å². The summed E-state index contributed by atoms with van der Waals surface area (Å²) in [6.07, 6.45) is 2.23. The number of nitrogens with two attached hydrogens (primary N) is 1. The largest absolute Gasteiger partial charge is 0.345 e. The van der Waals surface area contributed by atoms with Gasteiger partial charge in [0.15, 0.2) is 5.82 Å². The van der Waals surface area contributed by atoms with E-state index in [1.165, 1.54) is 0 Å². The van der Waals surface area contributed by atoms with Crippen LogP contribution >= 0.6 is 12.4 Å². The third kappa shape index (κ3) is 4.18. The van der Waals surface area contributed by atoms with Crippen molar-refractivity contribution in [3.8, 4) is 17.1 Å². The molecule has 140 valence electrons. The highest BCUT2D eigenvalue weighted by Gasteiger charge is 2.32. The fourth-order valence-electron chi connectivity index (χ4n) is 3.03. The number of hydrogen-bond acceptors (Lipinski definition) is 4. The first kappa shape index (κ1) is 19.1. The van der Waals surface area contributed by atoms with Crippen LogP contribution < -0.4 is 11.1 Å². The molecule has 1 saturated carbocycles. The van der Waals surface area contributed by atoms with Gasteiger partial charge in [-0.3, -0.25) is 4.79 Å². The van der Waals surface area contributed by atoms with E-state index in [2.05, 4.69) is 15.4 Å². The molecule has 0 bridgehead atoms. The highest BCUT2D eigenvalue weighted by molar-refractivity contribution is 5.91. The maximum absolute atomic E-state index is 12.7. The third-order valence-electron chi connectivity index (χ3n) is 4.60. The molecule has 3 N–H and O–H groups in total. The van der Waals surface area contributed by atoms with Gasteiger partial charge < -0.3 is 11.1 Å². The smallest absolute Gasteiger partial charge is 0.291 e. The molecule has 1 unspecified atom stereocenters. The summed E-state index contributed by atoms with van der Waals surface area (Å²) in [7, 11) is 0. The van der Waals surface area contributed by atoms with Crippen molar-refractivity contribution in [1.82, 2.24) is 20.1 Å². The molecule has 4 rings (SSSR count). The van der Waals surface area contributed by atoms with Crippen LogP contribution in [0, 0.1) is 5.92 Å². The van der Waals surface area contributed by atoms with Gasteiger partial charge in [-0.25, -0.2) is 9.67 Å². The zero-order valence-corrected chi connectivity index (χ0v) is 15.6. The summed E-state index contributed by atoms with van der Waals surface area (Å²) in [4.78, 5) is 17.2. The molecule has 1 heterocycles. The average Bonchev–Trinajstić information content (AvgIpc) is 3.44. The molecule has 1 aliphatic carbocycles. The summed E-state index contributed by atoms with van der Waals surface area (Å²) >= 11 is 0. The van der Waals surface area contributed by atoms with Crippen molar-refractivity contribution >= 4 is 18.3 Å². The van der Waals surface area contributed by atoms with Gasteiger partial charge in [-0.05, 0) is 30.9 Å². The lowest BCUT2D eigenvalue weighted by Crippen LogP contribution is -2.42. The van der Waals surface area contributed by atoms with E-state index in [-0.39, 0.29) is 30.2 Å². The Bertz CT molecular complexity index is 836. The number of carbonyl (C=O) groups excluding carboxylic acids is 1. The van der Waals surface area contributed by atoms with E-state index in [0.717, 1.165) is 24.1 Å². The summed E-state index contributed by atoms with van der Waals surface area (Å²) < 4.78 is 1.71. The van der Waals surface area contributed by atoms with Gasteiger partial charge in [0.05, 0.1) is 5.69 Å². The molecule has 1 aromatic heterocycles. The van der Waals surface area contributed by atoms with Crippen LogP contribution in [0.15, 0.2) is 60.7 Å². The van der Waals surface area contributed by atoms with Crippen LogP contribution in [0.2, 0.25) is 0 Å². The minimum Gasteiger partial charge on any atom is -0.345 e. The second-order valence-corrected chi connectivity index (χ2v) is 6.53. The number of para-hydroxylation sites is 1. The lowest BCUT2D eigenvalue weighted by Gasteiger charge is -2.14. The molecule has 0 saturated heterocycles. The molecule has 0 spiro atoms. The fourth-order valence-corrected chi connectivity index (χ4v) is 3.03. The number of nitrogens with zero attached hydrogens (tertiary/aromatic N) is 3. The van der Waals surface area contributed by atoms with E-state index >= 15 is 0 Å². The van der Waals surface area contributed by atoms with Crippen molar-refractivity contribution in [3.63, 3.8) is 0 Å². The van der Waals surface area contributed by atoms with Crippen LogP contribution in [-0.2, 0) is 0 Å². The lowest BCUT2D eigenvalue weighted by molar-refractivity contribution is 0.0923. The monoisotopic (exact) mass is 383 g/mol. The molecule has 3 aromatic rings. The molecular weight excluding hydrogens is 362 g/mol. The Balaban J connectivity index is 0.00000210. The average molecular weight is 384 g/mol. The Morgan fingerprint density at radius 1 is 1.11 bits per heavy atom. The molecule has 2 aromatic carbocycles. The van der Waals surface area contributed by atoms with Gasteiger partial charge >= 0.3 is 0 Å². The van der Waals surface area contributed by atoms with Crippen LogP contribution in [0.1, 0.15) is 23.5 Å². The molecule has 1 aliphatic rings. The van der Waals surface area contributed by atoms with Crippen LogP contribution in [-0.4, -0.2) is 33.3 Å². The summed E-state index contributed by atoms with van der Waals surface area (Å²) in [6.45, 7) is 0.432. The molecular formula is C20H22ClN5O. The molecule has 7 heteroatoms. The number of carbonyl (C=O) groups is 1. The van der Waals surface area contributed by atoms with Gasteiger partial charge in [0.25, 0.3) is 5.91 Å². The second kappa shape index (κ2) is 8.33. The Labute approximate surface area is 164 Å². The first-order chi connectivity index (χ1) is 12.8. The van der Waals surface area contributed by atoms with Crippen molar-refractivity contribution in [2.24, 2.45) is 11.7 Å². The fraction of sp³-hybridized carbons (Fsp3) is 0.250. The number of aromatic nitrogens is 3. The number of amides is 1. The van der Waals surface area contributed by atoms with E-state index < -0.39 is 0 Å². The van der Waals surface area contributed by atoms with Gasteiger partial charge in [0.1, 0.15) is 0 Å². The molecule has 27 heavy (non-hydrogen) atoms. The van der Waals surface area contributed by atoms with Crippen molar-refractivity contribution in [1.29, 1.82) is 0 Å². The first-order valence-corrected chi connectivity index (χ1v) is 8.85. The highest BCUT2D eigenvalue weighted by atomic mass is 35.5. The number of rotatable bonds is 6. The maximum atomic E-state index is 12.7. The van der Waals surface area contributed by atoms with Gasteiger partial charge in [0, 0.05) is 18.2 Å². The van der Waals surface area contributed by atoms with E-state index in [1.54, 1.807) is 4.68 Å². The minimum absolute atomic E-state index is 0. The number of benzene rings is 2. The van der Waals surface area contributed by atoms with Crippen molar-refractivity contribution in [2.45, 2.75) is 18.9 Å². The summed E-state index contributed by atoms with van der Waals surface area (Å²) in [5.74, 6) is 0.998. The van der Waals surface area contributed by atoms with Crippen LogP contribution in [0.5, 0.6) is 0 Å². The zero-order valence-electron chi connectivity index (χ0n) is 14.8. The topological polar surface area (TPSA) is 85.8 Å². The number of halogens is 1. The molecule has 0 radical (unpaired) electrons. The highest BCUT2D eigenvalue weighted by Crippen LogP contribution is 2.32. The maximum Gasteiger partial charge on any atom is 0.291 e. The van der Waals surface area contributed by atoms with Crippen LogP contribution in [0.4, 0.5) is 0 Å². The number of nitrogens with one attached hydrogen (secondary N) is 1. The zero-order chi connectivity index (χ0) is 17.9. The van der Waals surface area contributed by atoms with Gasteiger partial charge in [-0.1, -0.05) is 48.5 Å². The Morgan fingerprint density at radius 2 is 1.74 bits per heavy atom. The van der Waals surface area contributed by atoms with Gasteiger partial charge in [-0.2, -0.15) is 0 Å². The predicted molar refractivity (Wildman–Crippen MR) is 107 cm³/mol. The summed E-state index contributed by atoms with van der Waals surface area (Å²) in [5, 5.41) is 7.46. The molecule has 1 fully saturated rings. The summed E-state index contributed by atoms with van der Waals surface area (Å²) in [6, 6.07) is 19.4. The van der Waals surface area contributed by atoms with E-state index in [9.17, 15) is 4.79 Å². The SMILES string of the molecule is Cl.NCC(NC(=O)c1nc(-c2ccccc2)n(-c2ccccc2)n1)C1CC1. The van der Waals surface area contributed by atoms with Crippen LogP contribution in [0.25, 0.3) is 17.1 Å². The second-order valence-electron chi connectivity index (χ2n) is 6.53. The Hall–Kier alpha value is -2.70. The Morgan fingerprint density at radius 3 is 2.33 bits per heavy atom. The Kier molecular flexibility index (Phi) is 5.88. The molecule has 1 amide bonds. The first-order valence-electron chi connectivity index (χ1n) is 8.85. The molecule has 0 aliphatic heterocycles. The van der Waals surface area contributed by atoms with Crippen molar-refractivity contribution < 1.29 is 4.79 Å². The van der Waals surface area contributed by atoms with Gasteiger partial charge in [0.2, 0.25) is 5.82 Å². The third-order valence-corrected chi connectivity index (χ3v) is 4.60. The van der Waals surface area contributed by atoms with Crippen molar-refractivity contribution in [3.05, 3.63) is 66.5 Å². The standard InChI is InChI=1S/C20H21N5O.ClH/c21-13-17(14-11-12-14)22-20(26)18-23-19(15-7-3-1-4-8-15)25(24-18)16-9-5-2-6-10-16;/h1-10,14,17H,11-13,21H2,(H,22,26);1H. The van der Waals surface area contributed by atoms with Gasteiger partial charge in [-0.15, -0.1) is 17.5 Å². The predicted octanol–water partition coefficient (Wildman–Crippen LogP) is 2.82. The quantitative estimate of drug-likeness (QED) is 0.685. The minimum atomic E-state index is -0.279. The van der Waals surface area contributed by atoms with E-state index in [4.69, 9.17) is 5.73 Å². The van der Waals surface area contributed by atoms with E-state index in [1.807, 2.05) is 60.7 Å². The molecule has 1 atom stereocenters. The number of hydrogen-bond donors (Lipinski definition) is 2.